The molecule has 0 saturated carbocycles. The molecule has 0 N–H and O–H groups in total. The number of Topliss-reactive ketones (excluding diaryl/α,β-unsaturated/α-hetero) is 1. The van der Waals surface area contributed by atoms with E-state index in [1.807, 2.05) is 31.3 Å². The molecule has 1 saturated heterocycles. The molecule has 110 valence electrons. The van der Waals surface area contributed by atoms with E-state index in [1.165, 1.54) is 0 Å². The van der Waals surface area contributed by atoms with Gasteiger partial charge >= 0.3 is 0 Å². The number of carbonyl (C=O) groups excluding carboxylic acids is 1. The summed E-state index contributed by atoms with van der Waals surface area (Å²) in [5.41, 5.74) is 1.02. The van der Waals surface area contributed by atoms with Crippen LogP contribution < -0.4 is 4.74 Å². The molecule has 0 aliphatic carbocycles. The summed E-state index contributed by atoms with van der Waals surface area (Å²) in [6.45, 7) is 2.87. The minimum absolute atomic E-state index is 0.00583. The van der Waals surface area contributed by atoms with Crippen LogP contribution in [0.1, 0.15) is 12.0 Å². The number of likely N-dealkylation sites (N-methyl/N-ethyl adjacent to an activating group) is 2. The van der Waals surface area contributed by atoms with Crippen LogP contribution in [-0.4, -0.2) is 62.5 Å². The topological polar surface area (TPSA) is 32.8 Å². The number of ketones is 1. The molecule has 0 spiro atoms. The van der Waals surface area contributed by atoms with Crippen molar-refractivity contribution < 1.29 is 9.53 Å². The number of carbonyl (C=O) groups is 1. The van der Waals surface area contributed by atoms with Gasteiger partial charge in [0.1, 0.15) is 5.75 Å². The van der Waals surface area contributed by atoms with Gasteiger partial charge in [-0.1, -0.05) is 12.1 Å². The van der Waals surface area contributed by atoms with E-state index in [2.05, 4.69) is 16.8 Å². The fraction of sp³-hybridized carbons (Fsp3) is 0.562. The smallest absolute Gasteiger partial charge is 0.155 e. The van der Waals surface area contributed by atoms with Crippen LogP contribution in [0.3, 0.4) is 0 Å². The fourth-order valence-electron chi connectivity index (χ4n) is 2.72. The van der Waals surface area contributed by atoms with Crippen LogP contribution in [0.5, 0.6) is 5.75 Å². The van der Waals surface area contributed by atoms with Crippen LogP contribution in [0.15, 0.2) is 24.3 Å². The number of nitrogens with zero attached hydrogens (tertiary/aromatic N) is 2. The second-order valence-corrected chi connectivity index (χ2v) is 5.61. The molecular formula is C16H24N2O2. The van der Waals surface area contributed by atoms with Gasteiger partial charge in [0.2, 0.25) is 0 Å². The highest BCUT2D eigenvalue weighted by Crippen LogP contribution is 2.15. The summed E-state index contributed by atoms with van der Waals surface area (Å²) in [4.78, 5) is 17.0. The molecule has 1 aromatic rings. The molecule has 0 amide bonds. The van der Waals surface area contributed by atoms with Gasteiger partial charge in [0.15, 0.2) is 5.78 Å². The van der Waals surface area contributed by atoms with Gasteiger partial charge in [-0.3, -0.25) is 9.69 Å². The molecule has 2 rings (SSSR count). The van der Waals surface area contributed by atoms with Crippen LogP contribution >= 0.6 is 0 Å². The third-order valence-corrected chi connectivity index (χ3v) is 3.95. The largest absolute Gasteiger partial charge is 0.497 e. The first-order valence-corrected chi connectivity index (χ1v) is 7.14. The van der Waals surface area contributed by atoms with E-state index in [0.717, 1.165) is 37.4 Å². The number of rotatable bonds is 4. The molecule has 4 heteroatoms. The highest BCUT2D eigenvalue weighted by Gasteiger charge is 2.26. The lowest BCUT2D eigenvalue weighted by Crippen LogP contribution is -2.44. The monoisotopic (exact) mass is 276 g/mol. The minimum atomic E-state index is -0.00583. The molecule has 1 aliphatic rings. The Balaban J connectivity index is 2.05. The highest BCUT2D eigenvalue weighted by atomic mass is 16.5. The molecule has 1 aliphatic heterocycles. The normalized spacial score (nSPS) is 21.4. The van der Waals surface area contributed by atoms with Crippen LogP contribution in [0.25, 0.3) is 0 Å². The van der Waals surface area contributed by atoms with Crippen molar-refractivity contribution in [3.8, 4) is 5.75 Å². The third-order valence-electron chi connectivity index (χ3n) is 3.95. The Morgan fingerprint density at radius 3 is 2.90 bits per heavy atom. The van der Waals surface area contributed by atoms with Crippen molar-refractivity contribution in [2.45, 2.75) is 18.9 Å². The molecule has 1 heterocycles. The second-order valence-electron chi connectivity index (χ2n) is 5.61. The van der Waals surface area contributed by atoms with Crippen molar-refractivity contribution in [1.29, 1.82) is 0 Å². The average molecular weight is 276 g/mol. The van der Waals surface area contributed by atoms with Crippen molar-refractivity contribution in [2.24, 2.45) is 0 Å². The molecule has 0 radical (unpaired) electrons. The Labute approximate surface area is 121 Å². The van der Waals surface area contributed by atoms with E-state index >= 15 is 0 Å². The average Bonchev–Trinajstić information content (AvgIpc) is 2.60. The van der Waals surface area contributed by atoms with Crippen LogP contribution in [0, 0.1) is 0 Å². The Bertz CT molecular complexity index is 462. The standard InChI is InChI=1S/C16H24N2O2/c1-17-8-5-9-18(2)15(12-17)16(19)11-13-6-4-7-14(10-13)20-3/h4,6-7,10,15H,5,8-9,11-12H2,1-3H3. The Morgan fingerprint density at radius 1 is 1.35 bits per heavy atom. The summed E-state index contributed by atoms with van der Waals surface area (Å²) >= 11 is 0. The number of hydrogen-bond donors (Lipinski definition) is 0. The Hall–Kier alpha value is -1.39. The maximum absolute atomic E-state index is 12.6. The Kier molecular flexibility index (Phi) is 5.15. The molecule has 1 unspecified atom stereocenters. The maximum Gasteiger partial charge on any atom is 0.155 e. The quantitative estimate of drug-likeness (QED) is 0.833. The van der Waals surface area contributed by atoms with E-state index in [9.17, 15) is 4.79 Å². The highest BCUT2D eigenvalue weighted by molar-refractivity contribution is 5.86. The number of benzene rings is 1. The number of ether oxygens (including phenoxy) is 1. The zero-order valence-corrected chi connectivity index (χ0v) is 12.6. The predicted molar refractivity (Wildman–Crippen MR) is 80.2 cm³/mol. The maximum atomic E-state index is 12.6. The van der Waals surface area contributed by atoms with Crippen molar-refractivity contribution in [1.82, 2.24) is 9.80 Å². The van der Waals surface area contributed by atoms with Gasteiger partial charge < -0.3 is 9.64 Å². The van der Waals surface area contributed by atoms with Crippen molar-refractivity contribution >= 4 is 5.78 Å². The molecule has 1 aromatic carbocycles. The SMILES string of the molecule is COc1cccc(CC(=O)C2CN(C)CCCN2C)c1. The van der Waals surface area contributed by atoms with Gasteiger partial charge in [0, 0.05) is 13.0 Å². The zero-order valence-electron chi connectivity index (χ0n) is 12.6. The van der Waals surface area contributed by atoms with Crippen LogP contribution in [-0.2, 0) is 11.2 Å². The van der Waals surface area contributed by atoms with E-state index in [0.29, 0.717) is 6.42 Å². The molecule has 1 atom stereocenters. The number of methoxy groups -OCH3 is 1. The van der Waals surface area contributed by atoms with E-state index in [4.69, 9.17) is 4.74 Å². The van der Waals surface area contributed by atoms with Gasteiger partial charge in [0.25, 0.3) is 0 Å². The van der Waals surface area contributed by atoms with E-state index < -0.39 is 0 Å². The van der Waals surface area contributed by atoms with E-state index in [-0.39, 0.29) is 11.8 Å². The summed E-state index contributed by atoms with van der Waals surface area (Å²) in [6.07, 6.45) is 1.59. The van der Waals surface area contributed by atoms with Crippen molar-refractivity contribution in [2.75, 3.05) is 40.8 Å². The zero-order chi connectivity index (χ0) is 14.5. The first-order valence-electron chi connectivity index (χ1n) is 7.14. The lowest BCUT2D eigenvalue weighted by atomic mass is 10.0. The number of hydrogen-bond acceptors (Lipinski definition) is 4. The molecule has 1 fully saturated rings. The molecule has 20 heavy (non-hydrogen) atoms. The second kappa shape index (κ2) is 6.86. The van der Waals surface area contributed by atoms with Crippen molar-refractivity contribution in [3.63, 3.8) is 0 Å². The molecular weight excluding hydrogens is 252 g/mol. The fourth-order valence-corrected chi connectivity index (χ4v) is 2.72. The summed E-state index contributed by atoms with van der Waals surface area (Å²) in [5.74, 6) is 1.09. The lowest BCUT2D eigenvalue weighted by molar-refractivity contribution is -0.123. The first-order chi connectivity index (χ1) is 9.60. The van der Waals surface area contributed by atoms with Crippen LogP contribution in [0.4, 0.5) is 0 Å². The van der Waals surface area contributed by atoms with Gasteiger partial charge in [0.05, 0.1) is 13.2 Å². The van der Waals surface area contributed by atoms with Gasteiger partial charge in [-0.15, -0.1) is 0 Å². The van der Waals surface area contributed by atoms with E-state index in [1.54, 1.807) is 7.11 Å². The predicted octanol–water partition coefficient (Wildman–Crippen LogP) is 1.44. The van der Waals surface area contributed by atoms with Crippen LogP contribution in [0.2, 0.25) is 0 Å². The summed E-state index contributed by atoms with van der Waals surface area (Å²) in [5, 5.41) is 0. The van der Waals surface area contributed by atoms with Crippen molar-refractivity contribution in [3.05, 3.63) is 29.8 Å². The van der Waals surface area contributed by atoms with Gasteiger partial charge in [-0.25, -0.2) is 0 Å². The Morgan fingerprint density at radius 2 is 2.15 bits per heavy atom. The summed E-state index contributed by atoms with van der Waals surface area (Å²) < 4.78 is 5.21. The molecule has 4 nitrogen and oxygen atoms in total. The summed E-state index contributed by atoms with van der Waals surface area (Å²) in [7, 11) is 5.78. The van der Waals surface area contributed by atoms with Gasteiger partial charge in [-0.05, 0) is 51.3 Å². The first kappa shape index (κ1) is 15.0. The minimum Gasteiger partial charge on any atom is -0.497 e. The summed E-state index contributed by atoms with van der Waals surface area (Å²) in [6, 6.07) is 7.76. The van der Waals surface area contributed by atoms with Gasteiger partial charge in [-0.2, -0.15) is 0 Å². The lowest BCUT2D eigenvalue weighted by Gasteiger charge is -2.26. The molecule has 0 bridgehead atoms. The molecule has 0 aromatic heterocycles. The third kappa shape index (κ3) is 3.81.